The molecule has 0 aromatic heterocycles. The molecule has 0 spiro atoms. The van der Waals surface area contributed by atoms with Crippen molar-refractivity contribution in [2.45, 2.75) is 13.3 Å². The molecule has 0 bridgehead atoms. The summed E-state index contributed by atoms with van der Waals surface area (Å²) in [6.45, 7) is 2.51. The van der Waals surface area contributed by atoms with E-state index >= 15 is 0 Å². The van der Waals surface area contributed by atoms with Crippen molar-refractivity contribution in [2.75, 3.05) is 25.6 Å². The molecule has 3 nitrogen and oxygen atoms in total. The Balaban J connectivity index is 2.71. The van der Waals surface area contributed by atoms with E-state index in [1.165, 1.54) is 0 Å². The van der Waals surface area contributed by atoms with Crippen molar-refractivity contribution in [2.24, 2.45) is 0 Å². The third kappa shape index (κ3) is 3.66. The average Bonchev–Trinajstić information content (AvgIpc) is 2.32. The second kappa shape index (κ2) is 6.55. The van der Waals surface area contributed by atoms with Crippen molar-refractivity contribution in [1.29, 1.82) is 0 Å². The van der Waals surface area contributed by atoms with Gasteiger partial charge in [-0.2, -0.15) is 11.8 Å². The van der Waals surface area contributed by atoms with Crippen molar-refractivity contribution in [3.8, 4) is 5.75 Å². The Hall–Kier alpha value is -1.16. The summed E-state index contributed by atoms with van der Waals surface area (Å²) in [6, 6.07) is 5.24. The van der Waals surface area contributed by atoms with Gasteiger partial charge in [-0.15, -0.1) is 0 Å². The zero-order valence-corrected chi connectivity index (χ0v) is 11.4. The maximum absolute atomic E-state index is 12.1. The monoisotopic (exact) mass is 253 g/mol. The number of rotatable bonds is 5. The molecule has 1 amide bonds. The lowest BCUT2D eigenvalue weighted by atomic mass is 10.1. The maximum atomic E-state index is 12.1. The quantitative estimate of drug-likeness (QED) is 0.820. The lowest BCUT2D eigenvalue weighted by molar-refractivity contribution is 0.0792. The van der Waals surface area contributed by atoms with Crippen LogP contribution in [-0.4, -0.2) is 41.5 Å². The number of aryl methyl sites for hydroxylation is 1. The van der Waals surface area contributed by atoms with Crippen LogP contribution >= 0.6 is 11.8 Å². The Bertz CT molecular complexity index is 393. The van der Waals surface area contributed by atoms with Crippen LogP contribution in [-0.2, 0) is 0 Å². The largest absolute Gasteiger partial charge is 0.507 e. The third-order valence-electron chi connectivity index (χ3n) is 2.66. The summed E-state index contributed by atoms with van der Waals surface area (Å²) in [5.41, 5.74) is 1.12. The van der Waals surface area contributed by atoms with Crippen LogP contribution in [0.25, 0.3) is 0 Å². The summed E-state index contributed by atoms with van der Waals surface area (Å²) in [6.07, 6.45) is 3.02. The van der Waals surface area contributed by atoms with Gasteiger partial charge in [-0.25, -0.2) is 0 Å². The van der Waals surface area contributed by atoms with E-state index in [1.54, 1.807) is 48.8 Å². The predicted octanol–water partition coefficient (Wildman–Crippen LogP) is 2.53. The number of nitrogens with zero attached hydrogens (tertiary/aromatic N) is 1. The molecule has 1 N–H and O–H groups in total. The zero-order chi connectivity index (χ0) is 12.8. The van der Waals surface area contributed by atoms with Crippen LogP contribution in [0, 0.1) is 6.92 Å². The molecule has 4 heteroatoms. The number of amides is 1. The Morgan fingerprint density at radius 2 is 2.18 bits per heavy atom. The van der Waals surface area contributed by atoms with Crippen molar-refractivity contribution >= 4 is 17.7 Å². The van der Waals surface area contributed by atoms with Crippen LogP contribution in [0.5, 0.6) is 5.75 Å². The number of phenols is 1. The van der Waals surface area contributed by atoms with Gasteiger partial charge in [-0.1, -0.05) is 12.1 Å². The Morgan fingerprint density at radius 1 is 1.47 bits per heavy atom. The Morgan fingerprint density at radius 3 is 2.82 bits per heavy atom. The van der Waals surface area contributed by atoms with E-state index in [0.29, 0.717) is 12.1 Å². The number of carbonyl (C=O) groups is 1. The molecule has 0 radical (unpaired) electrons. The van der Waals surface area contributed by atoms with Gasteiger partial charge >= 0.3 is 0 Å². The number of hydrogen-bond donors (Lipinski definition) is 1. The number of para-hydroxylation sites is 1. The lowest BCUT2D eigenvalue weighted by Crippen LogP contribution is -2.28. The van der Waals surface area contributed by atoms with Gasteiger partial charge in [0.1, 0.15) is 5.75 Å². The molecular weight excluding hydrogens is 234 g/mol. The van der Waals surface area contributed by atoms with Gasteiger partial charge in [0, 0.05) is 13.6 Å². The van der Waals surface area contributed by atoms with Gasteiger partial charge in [-0.3, -0.25) is 4.79 Å². The number of carbonyl (C=O) groups excluding carboxylic acids is 1. The fourth-order valence-electron chi connectivity index (χ4n) is 1.58. The topological polar surface area (TPSA) is 40.5 Å². The molecule has 0 atom stereocenters. The molecule has 0 fully saturated rings. The maximum Gasteiger partial charge on any atom is 0.257 e. The second-order valence-electron chi connectivity index (χ2n) is 4.04. The van der Waals surface area contributed by atoms with Crippen molar-refractivity contribution in [3.05, 3.63) is 29.3 Å². The SMILES string of the molecule is CSCCCN(C)C(=O)c1cccc(C)c1O. The fourth-order valence-corrected chi connectivity index (χ4v) is 2.00. The Kier molecular flexibility index (Phi) is 5.35. The van der Waals surface area contributed by atoms with Crippen LogP contribution in [0.15, 0.2) is 18.2 Å². The number of benzene rings is 1. The molecule has 1 aromatic carbocycles. The summed E-state index contributed by atoms with van der Waals surface area (Å²) >= 11 is 1.77. The number of thioether (sulfide) groups is 1. The van der Waals surface area contributed by atoms with E-state index in [-0.39, 0.29) is 11.7 Å². The first-order valence-electron chi connectivity index (χ1n) is 5.61. The van der Waals surface area contributed by atoms with E-state index in [2.05, 4.69) is 0 Å². The van der Waals surface area contributed by atoms with E-state index in [4.69, 9.17) is 0 Å². The van der Waals surface area contributed by atoms with Gasteiger partial charge in [0.25, 0.3) is 5.91 Å². The first-order chi connectivity index (χ1) is 8.07. The Labute approximate surface area is 107 Å². The van der Waals surface area contributed by atoms with Crippen LogP contribution in [0.4, 0.5) is 0 Å². The van der Waals surface area contributed by atoms with E-state index in [9.17, 15) is 9.90 Å². The van der Waals surface area contributed by atoms with Gasteiger partial charge in [0.15, 0.2) is 0 Å². The molecular formula is C13H19NO2S. The van der Waals surface area contributed by atoms with Crippen LogP contribution < -0.4 is 0 Å². The second-order valence-corrected chi connectivity index (χ2v) is 5.03. The molecule has 0 aliphatic heterocycles. The van der Waals surface area contributed by atoms with Crippen LogP contribution in [0.2, 0.25) is 0 Å². The molecule has 1 aromatic rings. The summed E-state index contributed by atoms with van der Waals surface area (Å²) in [7, 11) is 1.77. The summed E-state index contributed by atoms with van der Waals surface area (Å²) in [5, 5.41) is 9.84. The van der Waals surface area contributed by atoms with Gasteiger partial charge in [0.2, 0.25) is 0 Å². The minimum atomic E-state index is -0.118. The minimum absolute atomic E-state index is 0.0919. The molecule has 0 aliphatic carbocycles. The minimum Gasteiger partial charge on any atom is -0.507 e. The molecule has 1 rings (SSSR count). The highest BCUT2D eigenvalue weighted by Crippen LogP contribution is 2.22. The highest BCUT2D eigenvalue weighted by atomic mass is 32.2. The highest BCUT2D eigenvalue weighted by molar-refractivity contribution is 7.98. The molecule has 0 saturated carbocycles. The summed E-state index contributed by atoms with van der Waals surface area (Å²) < 4.78 is 0. The first-order valence-corrected chi connectivity index (χ1v) is 7.00. The molecule has 0 aliphatic rings. The van der Waals surface area contributed by atoms with Crippen LogP contribution in [0.1, 0.15) is 22.3 Å². The molecule has 0 saturated heterocycles. The zero-order valence-electron chi connectivity index (χ0n) is 10.6. The summed E-state index contributed by atoms with van der Waals surface area (Å²) in [4.78, 5) is 13.7. The first kappa shape index (κ1) is 13.9. The molecule has 17 heavy (non-hydrogen) atoms. The number of hydrogen-bond acceptors (Lipinski definition) is 3. The molecule has 94 valence electrons. The number of aromatic hydroxyl groups is 1. The average molecular weight is 253 g/mol. The van der Waals surface area contributed by atoms with Gasteiger partial charge in [-0.05, 0) is 37.0 Å². The van der Waals surface area contributed by atoms with E-state index < -0.39 is 0 Å². The number of phenolic OH excluding ortho intramolecular Hbond substituents is 1. The predicted molar refractivity (Wildman–Crippen MR) is 72.8 cm³/mol. The van der Waals surface area contributed by atoms with Gasteiger partial charge < -0.3 is 10.0 Å². The van der Waals surface area contributed by atoms with Crippen molar-refractivity contribution < 1.29 is 9.90 Å². The lowest BCUT2D eigenvalue weighted by Gasteiger charge is -2.18. The van der Waals surface area contributed by atoms with Crippen molar-refractivity contribution in [1.82, 2.24) is 4.90 Å². The molecule has 0 unspecified atom stereocenters. The standard InChI is InChI=1S/C13H19NO2S/c1-10-6-4-7-11(12(10)15)13(16)14(2)8-5-9-17-3/h4,6-7,15H,5,8-9H2,1-3H3. The highest BCUT2D eigenvalue weighted by Gasteiger charge is 2.16. The van der Waals surface area contributed by atoms with Gasteiger partial charge in [0.05, 0.1) is 5.56 Å². The smallest absolute Gasteiger partial charge is 0.257 e. The molecule has 0 heterocycles. The van der Waals surface area contributed by atoms with Crippen molar-refractivity contribution in [3.63, 3.8) is 0 Å². The van der Waals surface area contributed by atoms with E-state index in [0.717, 1.165) is 17.7 Å². The fraction of sp³-hybridized carbons (Fsp3) is 0.462. The summed E-state index contributed by atoms with van der Waals surface area (Å²) in [5.74, 6) is 1.01. The third-order valence-corrected chi connectivity index (χ3v) is 3.35. The van der Waals surface area contributed by atoms with Crippen LogP contribution in [0.3, 0.4) is 0 Å². The van der Waals surface area contributed by atoms with E-state index in [1.807, 2.05) is 6.26 Å². The normalized spacial score (nSPS) is 10.3.